The summed E-state index contributed by atoms with van der Waals surface area (Å²) in [7, 11) is 5.83. The van der Waals surface area contributed by atoms with Crippen molar-refractivity contribution in [3.63, 3.8) is 0 Å². The van der Waals surface area contributed by atoms with Gasteiger partial charge in [0.05, 0.1) is 36.2 Å². The van der Waals surface area contributed by atoms with Crippen molar-refractivity contribution in [3.05, 3.63) is 41.5 Å². The van der Waals surface area contributed by atoms with E-state index in [9.17, 15) is 4.79 Å². The number of aromatic nitrogens is 4. The molecule has 1 saturated heterocycles. The number of fused-ring (bicyclic) bond motifs is 1. The molecule has 0 spiro atoms. The Balaban J connectivity index is 1.43. The molecule has 0 radical (unpaired) electrons. The summed E-state index contributed by atoms with van der Waals surface area (Å²) in [4.78, 5) is 21.4. The van der Waals surface area contributed by atoms with Crippen LogP contribution in [0.4, 0.5) is 0 Å². The van der Waals surface area contributed by atoms with E-state index in [-0.39, 0.29) is 18.1 Å². The number of pyridine rings is 1. The predicted octanol–water partition coefficient (Wildman–Crippen LogP) is 1.71. The number of carbonyl (C=O) groups is 1. The molecule has 2 aromatic rings. The van der Waals surface area contributed by atoms with E-state index in [2.05, 4.69) is 20.2 Å². The van der Waals surface area contributed by atoms with Gasteiger partial charge in [-0.05, 0) is 57.3 Å². The number of aryl methyl sites for hydroxylation is 1. The fourth-order valence-electron chi connectivity index (χ4n) is 4.96. The Morgan fingerprint density at radius 2 is 2.03 bits per heavy atom. The first-order valence-corrected chi connectivity index (χ1v) is 10.7. The minimum atomic E-state index is 0.0910. The van der Waals surface area contributed by atoms with Crippen molar-refractivity contribution in [1.82, 2.24) is 29.8 Å². The van der Waals surface area contributed by atoms with Crippen LogP contribution in [0.15, 0.2) is 24.5 Å². The van der Waals surface area contributed by atoms with Crippen LogP contribution in [0.25, 0.3) is 0 Å². The third kappa shape index (κ3) is 4.39. The number of carbonyl (C=O) groups excluding carboxylic acids is 1. The summed E-state index contributed by atoms with van der Waals surface area (Å²) in [5.74, 6) is 1.12. The standard InChI is InChI=1S/C22H32N6O2/c1-15-6-5-7-23-19(15)10-22(29)27-11-16-8-20(21(30-4)9-17(16)12-27)28-14-18(24-25-28)13-26(2)3/h5-7,14,16-17,20-21H,8-13H2,1-4H3/t16-,17+,20-,21-/m1/s1. The van der Waals surface area contributed by atoms with Gasteiger partial charge in [0.2, 0.25) is 5.91 Å². The summed E-state index contributed by atoms with van der Waals surface area (Å²) in [5, 5.41) is 8.72. The number of methoxy groups -OCH3 is 1. The molecule has 8 heteroatoms. The molecule has 30 heavy (non-hydrogen) atoms. The number of hydrogen-bond acceptors (Lipinski definition) is 6. The van der Waals surface area contributed by atoms with Gasteiger partial charge in [-0.2, -0.15) is 0 Å². The van der Waals surface area contributed by atoms with Crippen LogP contribution in [0.1, 0.15) is 35.8 Å². The molecular weight excluding hydrogens is 380 g/mol. The Morgan fingerprint density at radius 1 is 1.27 bits per heavy atom. The molecule has 1 amide bonds. The number of likely N-dealkylation sites (tertiary alicyclic amines) is 1. The second-order valence-corrected chi connectivity index (χ2v) is 9.00. The van der Waals surface area contributed by atoms with Crippen LogP contribution < -0.4 is 0 Å². The zero-order valence-corrected chi connectivity index (χ0v) is 18.4. The molecule has 3 heterocycles. The Bertz CT molecular complexity index is 882. The van der Waals surface area contributed by atoms with Crippen molar-refractivity contribution in [2.45, 2.75) is 44.9 Å². The lowest BCUT2D eigenvalue weighted by Crippen LogP contribution is -2.37. The van der Waals surface area contributed by atoms with E-state index in [1.165, 1.54) is 0 Å². The SMILES string of the molecule is CO[C@@H]1C[C@H]2CN(C(=O)Cc3ncccc3C)C[C@H]2C[C@H]1n1cc(CN(C)C)nn1. The molecule has 8 nitrogen and oxygen atoms in total. The second-order valence-electron chi connectivity index (χ2n) is 9.00. The summed E-state index contributed by atoms with van der Waals surface area (Å²) < 4.78 is 7.83. The largest absolute Gasteiger partial charge is 0.379 e. The molecule has 0 aromatic carbocycles. The van der Waals surface area contributed by atoms with Gasteiger partial charge in [-0.1, -0.05) is 11.3 Å². The van der Waals surface area contributed by atoms with Crippen LogP contribution in [0, 0.1) is 18.8 Å². The first kappa shape index (κ1) is 20.9. The monoisotopic (exact) mass is 412 g/mol. The van der Waals surface area contributed by atoms with Crippen LogP contribution in [0.5, 0.6) is 0 Å². The van der Waals surface area contributed by atoms with Crippen molar-refractivity contribution >= 4 is 5.91 Å². The van der Waals surface area contributed by atoms with E-state index in [1.807, 2.05) is 48.9 Å². The maximum absolute atomic E-state index is 12.9. The molecule has 1 aliphatic carbocycles. The van der Waals surface area contributed by atoms with Crippen LogP contribution >= 0.6 is 0 Å². The van der Waals surface area contributed by atoms with Crippen LogP contribution in [-0.2, 0) is 22.5 Å². The lowest BCUT2D eigenvalue weighted by atomic mass is 9.77. The Labute approximate surface area is 178 Å². The summed E-state index contributed by atoms with van der Waals surface area (Å²) in [6.45, 7) is 4.40. The molecule has 0 unspecified atom stereocenters. The highest BCUT2D eigenvalue weighted by Crippen LogP contribution is 2.42. The minimum absolute atomic E-state index is 0.0910. The molecule has 2 aliphatic rings. The Kier molecular flexibility index (Phi) is 6.15. The number of rotatable bonds is 6. The fraction of sp³-hybridized carbons (Fsp3) is 0.636. The van der Waals surface area contributed by atoms with E-state index in [0.29, 0.717) is 18.3 Å². The molecule has 0 bridgehead atoms. The fourth-order valence-corrected chi connectivity index (χ4v) is 4.96. The molecule has 1 aliphatic heterocycles. The maximum atomic E-state index is 12.9. The highest BCUT2D eigenvalue weighted by Gasteiger charge is 2.44. The highest BCUT2D eigenvalue weighted by atomic mass is 16.5. The molecule has 162 valence electrons. The lowest BCUT2D eigenvalue weighted by molar-refractivity contribution is -0.129. The topological polar surface area (TPSA) is 76.4 Å². The third-order valence-electron chi connectivity index (χ3n) is 6.55. The van der Waals surface area contributed by atoms with Crippen molar-refractivity contribution < 1.29 is 9.53 Å². The van der Waals surface area contributed by atoms with E-state index < -0.39 is 0 Å². The predicted molar refractivity (Wildman–Crippen MR) is 113 cm³/mol. The van der Waals surface area contributed by atoms with Gasteiger partial charge < -0.3 is 14.5 Å². The Hall–Kier alpha value is -2.32. The molecular formula is C22H32N6O2. The number of nitrogens with zero attached hydrogens (tertiary/aromatic N) is 6. The minimum Gasteiger partial charge on any atom is -0.379 e. The number of amides is 1. The van der Waals surface area contributed by atoms with Gasteiger partial charge in [-0.3, -0.25) is 9.78 Å². The third-order valence-corrected chi connectivity index (χ3v) is 6.55. The van der Waals surface area contributed by atoms with Gasteiger partial charge in [0.15, 0.2) is 0 Å². The number of ether oxygens (including phenoxy) is 1. The normalized spacial score (nSPS) is 26.2. The van der Waals surface area contributed by atoms with Gasteiger partial charge in [-0.25, -0.2) is 4.68 Å². The van der Waals surface area contributed by atoms with Crippen molar-refractivity contribution in [1.29, 1.82) is 0 Å². The summed E-state index contributed by atoms with van der Waals surface area (Å²) in [5.41, 5.74) is 2.91. The average molecular weight is 413 g/mol. The van der Waals surface area contributed by atoms with Gasteiger partial charge >= 0.3 is 0 Å². The van der Waals surface area contributed by atoms with Gasteiger partial charge in [0, 0.05) is 32.9 Å². The quantitative estimate of drug-likeness (QED) is 0.719. The van der Waals surface area contributed by atoms with E-state index >= 15 is 0 Å². The zero-order chi connectivity index (χ0) is 21.3. The van der Waals surface area contributed by atoms with Crippen LogP contribution in [-0.4, -0.2) is 76.1 Å². The first-order valence-electron chi connectivity index (χ1n) is 10.7. The first-order chi connectivity index (χ1) is 14.4. The molecule has 4 rings (SSSR count). The van der Waals surface area contributed by atoms with E-state index in [0.717, 1.165) is 49.4 Å². The molecule has 2 fully saturated rings. The lowest BCUT2D eigenvalue weighted by Gasteiger charge is -2.36. The molecule has 0 N–H and O–H groups in total. The van der Waals surface area contributed by atoms with Crippen LogP contribution in [0.2, 0.25) is 0 Å². The Morgan fingerprint density at radius 3 is 2.73 bits per heavy atom. The average Bonchev–Trinajstić information content (AvgIpc) is 3.34. The molecule has 1 saturated carbocycles. The van der Waals surface area contributed by atoms with Crippen LogP contribution in [0.3, 0.4) is 0 Å². The second kappa shape index (κ2) is 8.81. The van der Waals surface area contributed by atoms with Gasteiger partial charge in [0.1, 0.15) is 0 Å². The number of hydrogen-bond donors (Lipinski definition) is 0. The van der Waals surface area contributed by atoms with Crippen molar-refractivity contribution in [2.24, 2.45) is 11.8 Å². The summed E-state index contributed by atoms with van der Waals surface area (Å²) in [6.07, 6.45) is 6.17. The summed E-state index contributed by atoms with van der Waals surface area (Å²) in [6, 6.07) is 4.08. The van der Waals surface area contributed by atoms with Gasteiger partial charge in [0.25, 0.3) is 0 Å². The molecule has 2 aromatic heterocycles. The molecule has 4 atom stereocenters. The van der Waals surface area contributed by atoms with Gasteiger partial charge in [-0.15, -0.1) is 5.10 Å². The maximum Gasteiger partial charge on any atom is 0.228 e. The zero-order valence-electron chi connectivity index (χ0n) is 18.4. The van der Waals surface area contributed by atoms with E-state index in [1.54, 1.807) is 13.3 Å². The smallest absolute Gasteiger partial charge is 0.228 e. The summed E-state index contributed by atoms with van der Waals surface area (Å²) >= 11 is 0. The van der Waals surface area contributed by atoms with Crippen molar-refractivity contribution in [3.8, 4) is 0 Å². The van der Waals surface area contributed by atoms with E-state index in [4.69, 9.17) is 4.74 Å². The highest BCUT2D eigenvalue weighted by molar-refractivity contribution is 5.79. The van der Waals surface area contributed by atoms with Crippen molar-refractivity contribution in [2.75, 3.05) is 34.3 Å².